The summed E-state index contributed by atoms with van der Waals surface area (Å²) in [6, 6.07) is 7.11. The molecule has 0 unspecified atom stereocenters. The minimum atomic E-state index is -1.74. The van der Waals surface area contributed by atoms with Gasteiger partial charge in [-0.1, -0.05) is 0 Å². The summed E-state index contributed by atoms with van der Waals surface area (Å²) in [5, 5.41) is 10.3. The number of ether oxygens (including phenoxy) is 1. The van der Waals surface area contributed by atoms with Crippen molar-refractivity contribution in [1.82, 2.24) is 4.57 Å². The Morgan fingerprint density at radius 3 is 2.47 bits per heavy atom. The first-order valence-corrected chi connectivity index (χ1v) is 9.00. The van der Waals surface area contributed by atoms with E-state index < -0.39 is 45.1 Å². The molecule has 0 radical (unpaired) electrons. The fourth-order valence-electron chi connectivity index (χ4n) is 3.63. The van der Waals surface area contributed by atoms with E-state index in [1.165, 1.54) is 37.4 Å². The van der Waals surface area contributed by atoms with E-state index in [9.17, 15) is 22.8 Å². The van der Waals surface area contributed by atoms with Crippen molar-refractivity contribution in [2.45, 2.75) is 13.0 Å². The van der Waals surface area contributed by atoms with Crippen LogP contribution in [0.15, 0.2) is 29.1 Å². The van der Waals surface area contributed by atoms with E-state index in [4.69, 9.17) is 10.00 Å². The molecule has 0 bridgehead atoms. The van der Waals surface area contributed by atoms with E-state index in [0.717, 1.165) is 4.57 Å². The van der Waals surface area contributed by atoms with Gasteiger partial charge in [-0.2, -0.15) is 5.26 Å². The van der Waals surface area contributed by atoms with Gasteiger partial charge in [-0.3, -0.25) is 14.2 Å². The lowest BCUT2D eigenvalue weighted by Gasteiger charge is -2.24. The molecule has 2 heterocycles. The van der Waals surface area contributed by atoms with Crippen LogP contribution in [0.5, 0.6) is 5.75 Å². The summed E-state index contributed by atoms with van der Waals surface area (Å²) in [6.07, 6.45) is 0.505. The van der Waals surface area contributed by atoms with Crippen molar-refractivity contribution in [3.05, 3.63) is 68.8 Å². The van der Waals surface area contributed by atoms with Crippen LogP contribution in [0.25, 0.3) is 10.8 Å². The Morgan fingerprint density at radius 2 is 1.83 bits per heavy atom. The molecule has 4 rings (SSSR count). The number of nitriles is 1. The summed E-state index contributed by atoms with van der Waals surface area (Å²) in [7, 11) is 1.45. The number of aromatic nitrogens is 1. The third kappa shape index (κ3) is 2.72. The lowest BCUT2D eigenvalue weighted by molar-refractivity contribution is 0.104. The maximum Gasteiger partial charge on any atom is 0.263 e. The molecule has 0 aliphatic carbocycles. The van der Waals surface area contributed by atoms with Crippen molar-refractivity contribution < 1.29 is 22.7 Å². The highest BCUT2D eigenvalue weighted by Gasteiger charge is 2.32. The Labute approximate surface area is 168 Å². The van der Waals surface area contributed by atoms with Crippen LogP contribution in [0.4, 0.5) is 19.0 Å². The van der Waals surface area contributed by atoms with Crippen LogP contribution in [0.2, 0.25) is 0 Å². The van der Waals surface area contributed by atoms with Gasteiger partial charge in [0, 0.05) is 24.0 Å². The number of anilines is 1. The number of nitrogens with zero attached hydrogens (tertiary/aromatic N) is 2. The normalized spacial score (nSPS) is 12.8. The molecule has 3 aromatic rings. The highest BCUT2D eigenvalue weighted by molar-refractivity contribution is 6.19. The average Bonchev–Trinajstić information content (AvgIpc) is 2.77. The fraction of sp³-hybridized carbons (Fsp3) is 0.190. The minimum absolute atomic E-state index is 0.0121. The van der Waals surface area contributed by atoms with Crippen LogP contribution in [0.1, 0.15) is 27.9 Å². The molecule has 1 N–H and O–H groups in total. The molecular weight excluding hydrogens is 399 g/mol. The van der Waals surface area contributed by atoms with Crippen LogP contribution >= 0.6 is 0 Å². The number of hydrogen-bond donors (Lipinski definition) is 1. The number of rotatable bonds is 3. The Balaban J connectivity index is 2.15. The number of halogens is 3. The van der Waals surface area contributed by atoms with E-state index in [0.29, 0.717) is 18.7 Å². The summed E-state index contributed by atoms with van der Waals surface area (Å²) in [5.41, 5.74) is -2.40. The number of benzene rings is 2. The fourth-order valence-corrected chi connectivity index (χ4v) is 3.63. The Morgan fingerprint density at radius 1 is 1.13 bits per heavy atom. The molecule has 30 heavy (non-hydrogen) atoms. The van der Waals surface area contributed by atoms with Gasteiger partial charge in [-0.05, 0) is 30.7 Å². The number of methoxy groups -OCH3 is 1. The molecule has 1 aromatic heterocycles. The molecule has 2 aromatic carbocycles. The molecule has 0 saturated carbocycles. The summed E-state index contributed by atoms with van der Waals surface area (Å²) in [4.78, 5) is 26.2. The second-order valence-electron chi connectivity index (χ2n) is 6.70. The van der Waals surface area contributed by atoms with Gasteiger partial charge in [0.2, 0.25) is 0 Å². The Bertz CT molecular complexity index is 1310. The second-order valence-corrected chi connectivity index (χ2v) is 6.70. The number of fused-ring (bicyclic) bond motifs is 2. The Hall–Kier alpha value is -3.80. The summed E-state index contributed by atoms with van der Waals surface area (Å²) in [5.74, 6) is -5.12. The predicted molar refractivity (Wildman–Crippen MR) is 102 cm³/mol. The lowest BCUT2D eigenvalue weighted by Crippen LogP contribution is -2.32. The highest BCUT2D eigenvalue weighted by Crippen LogP contribution is 2.34. The summed E-state index contributed by atoms with van der Waals surface area (Å²) >= 11 is 0. The van der Waals surface area contributed by atoms with Crippen LogP contribution < -0.4 is 15.6 Å². The van der Waals surface area contributed by atoms with Gasteiger partial charge in [-0.25, -0.2) is 13.2 Å². The van der Waals surface area contributed by atoms with Crippen molar-refractivity contribution in [2.24, 2.45) is 0 Å². The van der Waals surface area contributed by atoms with Crippen molar-refractivity contribution in [2.75, 3.05) is 19.0 Å². The molecule has 6 nitrogen and oxygen atoms in total. The SMILES string of the molecule is COc1ccc(C(=O)c2c3n(c(=O)c4c(F)c(C#N)c(F)c(F)c24)CCCN3)cc1. The van der Waals surface area contributed by atoms with E-state index in [1.807, 2.05) is 0 Å². The molecule has 152 valence electrons. The maximum absolute atomic E-state index is 15.0. The molecule has 0 spiro atoms. The van der Waals surface area contributed by atoms with E-state index in [1.54, 1.807) is 0 Å². The zero-order valence-electron chi connectivity index (χ0n) is 15.7. The quantitative estimate of drug-likeness (QED) is 0.526. The molecular formula is C21H14F3N3O3. The second kappa shape index (κ2) is 7.22. The molecule has 0 amide bonds. The highest BCUT2D eigenvalue weighted by atomic mass is 19.2. The number of hydrogen-bond acceptors (Lipinski definition) is 5. The van der Waals surface area contributed by atoms with Crippen LogP contribution in [-0.4, -0.2) is 24.0 Å². The molecule has 1 aliphatic heterocycles. The van der Waals surface area contributed by atoms with Crippen LogP contribution in [0, 0.1) is 28.8 Å². The molecule has 9 heteroatoms. The van der Waals surface area contributed by atoms with E-state index >= 15 is 0 Å². The first-order chi connectivity index (χ1) is 14.4. The number of nitrogens with one attached hydrogen (secondary N) is 1. The Kier molecular flexibility index (Phi) is 4.70. The number of pyridine rings is 1. The van der Waals surface area contributed by atoms with Crippen molar-refractivity contribution in [3.63, 3.8) is 0 Å². The van der Waals surface area contributed by atoms with E-state index in [-0.39, 0.29) is 23.5 Å². The molecule has 0 fully saturated rings. The average molecular weight is 413 g/mol. The third-order valence-electron chi connectivity index (χ3n) is 5.08. The van der Waals surface area contributed by atoms with Gasteiger partial charge in [0.1, 0.15) is 23.2 Å². The van der Waals surface area contributed by atoms with Crippen LogP contribution in [-0.2, 0) is 6.54 Å². The first-order valence-electron chi connectivity index (χ1n) is 9.00. The van der Waals surface area contributed by atoms with Crippen molar-refractivity contribution in [1.29, 1.82) is 5.26 Å². The molecule has 1 aliphatic rings. The number of carbonyl (C=O) groups excluding carboxylic acids is 1. The zero-order valence-corrected chi connectivity index (χ0v) is 15.7. The largest absolute Gasteiger partial charge is 0.497 e. The topological polar surface area (TPSA) is 84.1 Å². The predicted octanol–water partition coefficient (Wildman–Crippen LogP) is 3.35. The van der Waals surface area contributed by atoms with Gasteiger partial charge >= 0.3 is 0 Å². The summed E-state index contributed by atoms with van der Waals surface area (Å²) in [6.45, 7) is 0.539. The van der Waals surface area contributed by atoms with Gasteiger partial charge in [0.05, 0.1) is 18.1 Å². The molecule has 0 atom stereocenters. The van der Waals surface area contributed by atoms with Gasteiger partial charge in [-0.15, -0.1) is 0 Å². The van der Waals surface area contributed by atoms with Crippen LogP contribution in [0.3, 0.4) is 0 Å². The number of ketones is 1. The van der Waals surface area contributed by atoms with Crippen molar-refractivity contribution in [3.8, 4) is 11.8 Å². The smallest absolute Gasteiger partial charge is 0.263 e. The van der Waals surface area contributed by atoms with E-state index in [2.05, 4.69) is 5.32 Å². The summed E-state index contributed by atoms with van der Waals surface area (Å²) < 4.78 is 50.5. The maximum atomic E-state index is 15.0. The number of carbonyl (C=O) groups is 1. The molecule has 0 saturated heterocycles. The van der Waals surface area contributed by atoms with Gasteiger partial charge in [0.25, 0.3) is 5.56 Å². The zero-order chi connectivity index (χ0) is 21.6. The standard InChI is InChI=1S/C21H14F3N3O3/c1-30-11-5-3-10(4-6-11)19(28)15-13-14(16(22)12(9-25)17(23)18(13)24)21(29)27-8-2-7-26-20(15)27/h3-6,26H,2,7-8H2,1H3. The van der Waals surface area contributed by atoms with Gasteiger partial charge < -0.3 is 10.1 Å². The minimum Gasteiger partial charge on any atom is -0.497 e. The monoisotopic (exact) mass is 413 g/mol. The van der Waals surface area contributed by atoms with Crippen molar-refractivity contribution >= 4 is 22.4 Å². The third-order valence-corrected chi connectivity index (χ3v) is 5.08. The first kappa shape index (κ1) is 19.5. The lowest BCUT2D eigenvalue weighted by atomic mass is 9.95. The van der Waals surface area contributed by atoms with Gasteiger partial charge in [0.15, 0.2) is 23.2 Å².